The zero-order valence-electron chi connectivity index (χ0n) is 11.4. The van der Waals surface area contributed by atoms with Gasteiger partial charge in [-0.1, -0.05) is 12.1 Å². The molecule has 0 aliphatic heterocycles. The Balaban J connectivity index is 2.59. The molecule has 0 spiro atoms. The Morgan fingerprint density at radius 1 is 1.10 bits per heavy atom. The molecule has 0 atom stereocenters. The molecule has 1 aromatic carbocycles. The first kappa shape index (κ1) is 17.1. The maximum Gasteiger partial charge on any atom is 0.213 e. The van der Waals surface area contributed by atoms with Crippen molar-refractivity contribution in [3.63, 3.8) is 0 Å². The van der Waals surface area contributed by atoms with Crippen molar-refractivity contribution in [1.29, 1.82) is 0 Å². The standard InChI is InChI=1S/C12H18FNO4S2/c1-14(2)20(17,18)8-4-7-19(15,16)10-11-5-3-6-12(13)9-11/h3,5-6,9H,4,7-8,10H2,1-2H3. The van der Waals surface area contributed by atoms with Gasteiger partial charge in [-0.2, -0.15) is 0 Å². The first-order chi connectivity index (χ1) is 9.12. The monoisotopic (exact) mass is 323 g/mol. The van der Waals surface area contributed by atoms with E-state index < -0.39 is 25.7 Å². The van der Waals surface area contributed by atoms with E-state index >= 15 is 0 Å². The predicted octanol–water partition coefficient (Wildman–Crippen LogP) is 1.02. The number of halogens is 1. The van der Waals surface area contributed by atoms with E-state index in [1.165, 1.54) is 32.3 Å². The normalized spacial score (nSPS) is 12.8. The molecule has 0 amide bonds. The Bertz CT molecular complexity index is 654. The van der Waals surface area contributed by atoms with E-state index in [4.69, 9.17) is 0 Å². The van der Waals surface area contributed by atoms with E-state index in [1.54, 1.807) is 0 Å². The van der Waals surface area contributed by atoms with Crippen LogP contribution in [0.2, 0.25) is 0 Å². The molecule has 114 valence electrons. The second-order valence-electron chi connectivity index (χ2n) is 4.67. The van der Waals surface area contributed by atoms with Gasteiger partial charge in [0, 0.05) is 14.1 Å². The molecule has 5 nitrogen and oxygen atoms in total. The topological polar surface area (TPSA) is 71.5 Å². The fourth-order valence-corrected chi connectivity index (χ4v) is 4.07. The minimum Gasteiger partial charge on any atom is -0.228 e. The van der Waals surface area contributed by atoms with Gasteiger partial charge in [0.15, 0.2) is 9.84 Å². The second-order valence-corrected chi connectivity index (χ2v) is 9.16. The van der Waals surface area contributed by atoms with Crippen molar-refractivity contribution in [3.8, 4) is 0 Å². The summed E-state index contributed by atoms with van der Waals surface area (Å²) in [5, 5.41) is 0. The average molecular weight is 323 g/mol. The molecule has 0 aliphatic carbocycles. The van der Waals surface area contributed by atoms with Crippen LogP contribution in [0.1, 0.15) is 12.0 Å². The quantitative estimate of drug-likeness (QED) is 0.751. The summed E-state index contributed by atoms with van der Waals surface area (Å²) >= 11 is 0. The number of sulfonamides is 1. The SMILES string of the molecule is CN(C)S(=O)(=O)CCCS(=O)(=O)Cc1cccc(F)c1. The van der Waals surface area contributed by atoms with Crippen molar-refractivity contribution < 1.29 is 21.2 Å². The maximum absolute atomic E-state index is 13.0. The van der Waals surface area contributed by atoms with Crippen LogP contribution in [-0.4, -0.2) is 46.7 Å². The highest BCUT2D eigenvalue weighted by Gasteiger charge is 2.17. The lowest BCUT2D eigenvalue weighted by atomic mass is 10.2. The third kappa shape index (κ3) is 5.56. The van der Waals surface area contributed by atoms with Crippen molar-refractivity contribution in [3.05, 3.63) is 35.6 Å². The van der Waals surface area contributed by atoms with Crippen molar-refractivity contribution in [2.45, 2.75) is 12.2 Å². The number of nitrogens with zero attached hydrogens (tertiary/aromatic N) is 1. The van der Waals surface area contributed by atoms with E-state index in [9.17, 15) is 21.2 Å². The van der Waals surface area contributed by atoms with Crippen LogP contribution in [0.25, 0.3) is 0 Å². The van der Waals surface area contributed by atoms with E-state index in [0.29, 0.717) is 5.56 Å². The highest BCUT2D eigenvalue weighted by atomic mass is 32.2. The van der Waals surface area contributed by atoms with Gasteiger partial charge in [-0.05, 0) is 24.1 Å². The lowest BCUT2D eigenvalue weighted by Gasteiger charge is -2.11. The van der Waals surface area contributed by atoms with Gasteiger partial charge >= 0.3 is 0 Å². The smallest absolute Gasteiger partial charge is 0.213 e. The van der Waals surface area contributed by atoms with Gasteiger partial charge in [0.2, 0.25) is 10.0 Å². The van der Waals surface area contributed by atoms with Crippen molar-refractivity contribution >= 4 is 19.9 Å². The van der Waals surface area contributed by atoms with Gasteiger partial charge in [-0.15, -0.1) is 0 Å². The fourth-order valence-electron chi connectivity index (χ4n) is 1.60. The largest absolute Gasteiger partial charge is 0.228 e. The molecular weight excluding hydrogens is 305 g/mol. The minimum absolute atomic E-state index is 0.0260. The molecular formula is C12H18FNO4S2. The van der Waals surface area contributed by atoms with Crippen LogP contribution in [0.4, 0.5) is 4.39 Å². The number of hydrogen-bond donors (Lipinski definition) is 0. The van der Waals surface area contributed by atoms with E-state index in [1.807, 2.05) is 0 Å². The number of hydrogen-bond acceptors (Lipinski definition) is 4. The summed E-state index contributed by atoms with van der Waals surface area (Å²) in [4.78, 5) is 0. The molecule has 0 fully saturated rings. The summed E-state index contributed by atoms with van der Waals surface area (Å²) in [7, 11) is -4.04. The Labute approximate surface area is 119 Å². The molecule has 0 saturated heterocycles. The van der Waals surface area contributed by atoms with Crippen LogP contribution in [0, 0.1) is 5.82 Å². The molecule has 0 bridgehead atoms. The molecule has 8 heteroatoms. The molecule has 0 heterocycles. The van der Waals surface area contributed by atoms with Crippen LogP contribution in [0.15, 0.2) is 24.3 Å². The van der Waals surface area contributed by atoms with Crippen LogP contribution in [0.3, 0.4) is 0 Å². The van der Waals surface area contributed by atoms with Crippen LogP contribution < -0.4 is 0 Å². The van der Waals surface area contributed by atoms with Crippen LogP contribution >= 0.6 is 0 Å². The van der Waals surface area contributed by atoms with E-state index in [0.717, 1.165) is 10.4 Å². The Kier molecular flexibility index (Phi) is 5.67. The van der Waals surface area contributed by atoms with E-state index in [2.05, 4.69) is 0 Å². The molecule has 0 N–H and O–H groups in total. The molecule has 0 aromatic heterocycles. The Morgan fingerprint density at radius 2 is 1.75 bits per heavy atom. The van der Waals surface area contributed by atoms with E-state index in [-0.39, 0.29) is 23.7 Å². The average Bonchev–Trinajstić information content (AvgIpc) is 2.27. The molecule has 0 unspecified atom stereocenters. The zero-order valence-corrected chi connectivity index (χ0v) is 13.0. The summed E-state index contributed by atoms with van der Waals surface area (Å²) in [6.07, 6.45) is 0.0260. The summed E-state index contributed by atoms with van der Waals surface area (Å²) in [6.45, 7) is 0. The minimum atomic E-state index is -3.45. The van der Waals surface area contributed by atoms with Gasteiger partial charge in [0.1, 0.15) is 5.82 Å². The first-order valence-electron chi connectivity index (χ1n) is 5.97. The van der Waals surface area contributed by atoms with Crippen molar-refractivity contribution in [2.75, 3.05) is 25.6 Å². The highest BCUT2D eigenvalue weighted by molar-refractivity contribution is 7.91. The number of benzene rings is 1. The van der Waals surface area contributed by atoms with Crippen LogP contribution in [-0.2, 0) is 25.6 Å². The molecule has 20 heavy (non-hydrogen) atoms. The molecule has 1 aromatic rings. The summed E-state index contributed by atoms with van der Waals surface area (Å²) in [6, 6.07) is 5.36. The lowest BCUT2D eigenvalue weighted by Crippen LogP contribution is -2.26. The van der Waals surface area contributed by atoms with Crippen molar-refractivity contribution in [2.24, 2.45) is 0 Å². The Morgan fingerprint density at radius 3 is 2.30 bits per heavy atom. The molecule has 1 rings (SSSR count). The Hall–Kier alpha value is -0.990. The zero-order chi connectivity index (χ0) is 15.4. The third-order valence-electron chi connectivity index (χ3n) is 2.69. The van der Waals surface area contributed by atoms with Gasteiger partial charge in [-0.3, -0.25) is 0 Å². The summed E-state index contributed by atoms with van der Waals surface area (Å²) in [5.41, 5.74) is 0.362. The van der Waals surface area contributed by atoms with Crippen LogP contribution in [0.5, 0.6) is 0 Å². The third-order valence-corrected chi connectivity index (χ3v) is 6.29. The second kappa shape index (κ2) is 6.64. The number of rotatable bonds is 7. The maximum atomic E-state index is 13.0. The highest BCUT2D eigenvalue weighted by Crippen LogP contribution is 2.10. The summed E-state index contributed by atoms with van der Waals surface area (Å²) in [5.74, 6) is -1.24. The predicted molar refractivity (Wildman–Crippen MR) is 76.0 cm³/mol. The van der Waals surface area contributed by atoms with Gasteiger partial charge < -0.3 is 0 Å². The number of sulfone groups is 1. The van der Waals surface area contributed by atoms with Gasteiger partial charge in [-0.25, -0.2) is 25.5 Å². The fraction of sp³-hybridized carbons (Fsp3) is 0.500. The molecule has 0 radical (unpaired) electrons. The summed E-state index contributed by atoms with van der Waals surface area (Å²) < 4.78 is 60.7. The van der Waals surface area contributed by atoms with Gasteiger partial charge in [0.25, 0.3) is 0 Å². The lowest BCUT2D eigenvalue weighted by molar-refractivity contribution is 0.519. The van der Waals surface area contributed by atoms with Crippen molar-refractivity contribution in [1.82, 2.24) is 4.31 Å². The first-order valence-corrected chi connectivity index (χ1v) is 9.40. The van der Waals surface area contributed by atoms with Gasteiger partial charge in [0.05, 0.1) is 17.3 Å². The molecule has 0 saturated carbocycles. The molecule has 0 aliphatic rings.